The minimum Gasteiger partial charge on any atom is -0.358 e. The van der Waals surface area contributed by atoms with E-state index in [-0.39, 0.29) is 17.9 Å². The number of likely N-dealkylation sites (tertiary alicyclic amines) is 1. The Hall–Kier alpha value is -2.02. The van der Waals surface area contributed by atoms with Crippen LogP contribution in [0.5, 0.6) is 0 Å². The molecule has 1 aromatic heterocycles. The minimum absolute atomic E-state index is 0.0204. The molecule has 1 aliphatic heterocycles. The third-order valence-corrected chi connectivity index (χ3v) is 3.36. The van der Waals surface area contributed by atoms with E-state index in [1.807, 2.05) is 0 Å². The van der Waals surface area contributed by atoms with Gasteiger partial charge in [0.2, 0.25) is 5.91 Å². The topological polar surface area (TPSA) is 87.2 Å². The number of hydrogen-bond donors (Lipinski definition) is 2. The first kappa shape index (κ1) is 14.4. The molecular weight excluding hydrogens is 258 g/mol. The lowest BCUT2D eigenvalue weighted by Crippen LogP contribution is -2.47. The molecule has 1 saturated heterocycles. The smallest absolute Gasteiger partial charge is 0.271 e. The third kappa shape index (κ3) is 3.99. The molecule has 2 rings (SSSR count). The second-order valence-electron chi connectivity index (χ2n) is 4.79. The van der Waals surface area contributed by atoms with Gasteiger partial charge >= 0.3 is 0 Å². The maximum Gasteiger partial charge on any atom is 0.271 e. The van der Waals surface area contributed by atoms with Crippen molar-refractivity contribution in [2.24, 2.45) is 0 Å². The number of nitrogens with one attached hydrogen (secondary N) is 2. The maximum atomic E-state index is 11.9. The first-order chi connectivity index (χ1) is 9.69. The summed E-state index contributed by atoms with van der Waals surface area (Å²) < 4.78 is 0. The Morgan fingerprint density at radius 1 is 1.35 bits per heavy atom. The first-order valence-corrected chi connectivity index (χ1v) is 6.69. The van der Waals surface area contributed by atoms with Gasteiger partial charge < -0.3 is 10.6 Å². The number of carbonyl (C=O) groups excluding carboxylic acids is 2. The zero-order valence-electron chi connectivity index (χ0n) is 11.5. The highest BCUT2D eigenvalue weighted by Gasteiger charge is 2.22. The summed E-state index contributed by atoms with van der Waals surface area (Å²) in [5.74, 6) is -0.171. The Labute approximate surface area is 117 Å². The molecule has 0 atom stereocenters. The van der Waals surface area contributed by atoms with E-state index in [1.54, 1.807) is 7.05 Å². The number of carbonyl (C=O) groups is 2. The molecular formula is C13H19N5O2. The monoisotopic (exact) mass is 277 g/mol. The fraction of sp³-hybridized carbons (Fsp3) is 0.538. The molecule has 2 amide bonds. The average Bonchev–Trinajstić information content (AvgIpc) is 2.50. The highest BCUT2D eigenvalue weighted by Crippen LogP contribution is 2.10. The van der Waals surface area contributed by atoms with E-state index in [0.29, 0.717) is 12.2 Å². The zero-order valence-corrected chi connectivity index (χ0v) is 11.5. The molecule has 20 heavy (non-hydrogen) atoms. The summed E-state index contributed by atoms with van der Waals surface area (Å²) in [5.41, 5.74) is 0.334. The minimum atomic E-state index is -0.192. The van der Waals surface area contributed by atoms with E-state index in [9.17, 15) is 9.59 Å². The number of piperidine rings is 1. The van der Waals surface area contributed by atoms with E-state index < -0.39 is 0 Å². The van der Waals surface area contributed by atoms with Crippen molar-refractivity contribution in [1.29, 1.82) is 0 Å². The molecule has 0 spiro atoms. The van der Waals surface area contributed by atoms with Gasteiger partial charge in [-0.25, -0.2) is 4.98 Å². The molecule has 0 bridgehead atoms. The van der Waals surface area contributed by atoms with Crippen molar-refractivity contribution >= 4 is 11.8 Å². The second-order valence-corrected chi connectivity index (χ2v) is 4.79. The molecule has 7 nitrogen and oxygen atoms in total. The molecule has 0 aromatic carbocycles. The van der Waals surface area contributed by atoms with Crippen LogP contribution in [0.3, 0.4) is 0 Å². The van der Waals surface area contributed by atoms with Gasteiger partial charge in [-0.05, 0) is 12.8 Å². The van der Waals surface area contributed by atoms with Crippen LogP contribution in [0.25, 0.3) is 0 Å². The summed E-state index contributed by atoms with van der Waals surface area (Å²) in [6, 6.07) is 0.130. The summed E-state index contributed by atoms with van der Waals surface area (Å²) in [6.45, 7) is 2.03. The van der Waals surface area contributed by atoms with Crippen LogP contribution in [0, 0.1) is 0 Å². The quantitative estimate of drug-likeness (QED) is 0.768. The molecule has 0 saturated carbocycles. The number of likely N-dealkylation sites (N-methyl/N-ethyl adjacent to an activating group) is 1. The van der Waals surface area contributed by atoms with Gasteiger partial charge in [0, 0.05) is 38.6 Å². The summed E-state index contributed by atoms with van der Waals surface area (Å²) in [5, 5.41) is 5.57. The number of rotatable bonds is 4. The Kier molecular flexibility index (Phi) is 5.00. The van der Waals surface area contributed by atoms with Crippen molar-refractivity contribution in [2.45, 2.75) is 18.9 Å². The highest BCUT2D eigenvalue weighted by molar-refractivity contribution is 5.92. The van der Waals surface area contributed by atoms with Crippen LogP contribution in [0.4, 0.5) is 0 Å². The summed E-state index contributed by atoms with van der Waals surface area (Å²) in [6.07, 6.45) is 6.16. The van der Waals surface area contributed by atoms with Gasteiger partial charge in [0.15, 0.2) is 0 Å². The van der Waals surface area contributed by atoms with Crippen LogP contribution in [-0.4, -0.2) is 59.4 Å². The molecule has 1 fully saturated rings. The molecule has 0 aliphatic carbocycles. The standard InChI is InChI=1S/C13H19N5O2/c1-14-12(19)9-18-6-2-10(3-7-18)17-13(20)11-8-15-4-5-16-11/h4-5,8,10H,2-3,6-7,9H2,1H3,(H,14,19)(H,17,20). The summed E-state index contributed by atoms with van der Waals surface area (Å²) in [7, 11) is 1.64. The Morgan fingerprint density at radius 3 is 2.70 bits per heavy atom. The van der Waals surface area contributed by atoms with Gasteiger partial charge in [0.25, 0.3) is 5.91 Å². The SMILES string of the molecule is CNC(=O)CN1CCC(NC(=O)c2cnccn2)CC1. The van der Waals surface area contributed by atoms with E-state index in [0.717, 1.165) is 25.9 Å². The lowest BCUT2D eigenvalue weighted by Gasteiger charge is -2.31. The normalized spacial score (nSPS) is 16.6. The van der Waals surface area contributed by atoms with Crippen molar-refractivity contribution in [3.63, 3.8) is 0 Å². The van der Waals surface area contributed by atoms with Gasteiger partial charge in [-0.1, -0.05) is 0 Å². The molecule has 1 aliphatic rings. The number of hydrogen-bond acceptors (Lipinski definition) is 5. The van der Waals surface area contributed by atoms with E-state index in [4.69, 9.17) is 0 Å². The third-order valence-electron chi connectivity index (χ3n) is 3.36. The van der Waals surface area contributed by atoms with Crippen molar-refractivity contribution in [3.05, 3.63) is 24.3 Å². The average molecular weight is 277 g/mol. The first-order valence-electron chi connectivity index (χ1n) is 6.69. The number of aromatic nitrogens is 2. The predicted octanol–water partition coefficient (Wildman–Crippen LogP) is -0.583. The molecule has 108 valence electrons. The fourth-order valence-electron chi connectivity index (χ4n) is 2.19. The van der Waals surface area contributed by atoms with E-state index in [2.05, 4.69) is 25.5 Å². The lowest BCUT2D eigenvalue weighted by molar-refractivity contribution is -0.122. The molecule has 2 N–H and O–H groups in total. The van der Waals surface area contributed by atoms with Crippen LogP contribution in [-0.2, 0) is 4.79 Å². The van der Waals surface area contributed by atoms with Crippen LogP contribution < -0.4 is 10.6 Å². The predicted molar refractivity (Wildman–Crippen MR) is 73.0 cm³/mol. The fourth-order valence-corrected chi connectivity index (χ4v) is 2.19. The van der Waals surface area contributed by atoms with E-state index >= 15 is 0 Å². The van der Waals surface area contributed by atoms with Crippen molar-refractivity contribution in [1.82, 2.24) is 25.5 Å². The Morgan fingerprint density at radius 2 is 2.10 bits per heavy atom. The highest BCUT2D eigenvalue weighted by atomic mass is 16.2. The molecule has 7 heteroatoms. The summed E-state index contributed by atoms with van der Waals surface area (Å²) in [4.78, 5) is 33.1. The molecule has 1 aromatic rings. The van der Waals surface area contributed by atoms with Gasteiger partial charge in [-0.2, -0.15) is 0 Å². The van der Waals surface area contributed by atoms with Crippen LogP contribution >= 0.6 is 0 Å². The van der Waals surface area contributed by atoms with Crippen LogP contribution in [0.2, 0.25) is 0 Å². The Balaban J connectivity index is 1.77. The van der Waals surface area contributed by atoms with Gasteiger partial charge in [-0.3, -0.25) is 19.5 Å². The Bertz CT molecular complexity index is 457. The zero-order chi connectivity index (χ0) is 14.4. The van der Waals surface area contributed by atoms with Gasteiger partial charge in [0.1, 0.15) is 5.69 Å². The largest absolute Gasteiger partial charge is 0.358 e. The van der Waals surface area contributed by atoms with Gasteiger partial charge in [-0.15, -0.1) is 0 Å². The maximum absolute atomic E-state index is 11.9. The lowest BCUT2D eigenvalue weighted by atomic mass is 10.0. The van der Waals surface area contributed by atoms with Gasteiger partial charge in [0.05, 0.1) is 12.7 Å². The van der Waals surface area contributed by atoms with E-state index in [1.165, 1.54) is 18.6 Å². The molecule has 0 radical (unpaired) electrons. The van der Waals surface area contributed by atoms with Crippen LogP contribution in [0.1, 0.15) is 23.3 Å². The number of nitrogens with zero attached hydrogens (tertiary/aromatic N) is 3. The van der Waals surface area contributed by atoms with Crippen LogP contribution in [0.15, 0.2) is 18.6 Å². The van der Waals surface area contributed by atoms with Crippen molar-refractivity contribution in [3.8, 4) is 0 Å². The second kappa shape index (κ2) is 6.95. The summed E-state index contributed by atoms with van der Waals surface area (Å²) >= 11 is 0. The molecule has 2 heterocycles. The van der Waals surface area contributed by atoms with Crippen molar-refractivity contribution in [2.75, 3.05) is 26.7 Å². The number of amides is 2. The van der Waals surface area contributed by atoms with Crippen molar-refractivity contribution < 1.29 is 9.59 Å². The molecule has 0 unspecified atom stereocenters.